The Bertz CT molecular complexity index is 990. The number of carboxylic acids is 1. The molecule has 2 aromatic rings. The molecule has 174 valence electrons. The molecule has 6 nitrogen and oxygen atoms in total. The second-order valence-electron chi connectivity index (χ2n) is 9.25. The van der Waals surface area contributed by atoms with Gasteiger partial charge in [-0.1, -0.05) is 38.1 Å². The van der Waals surface area contributed by atoms with Gasteiger partial charge in [-0.2, -0.15) is 0 Å². The summed E-state index contributed by atoms with van der Waals surface area (Å²) < 4.78 is 0. The van der Waals surface area contributed by atoms with Crippen LogP contribution in [0.5, 0.6) is 0 Å². The zero-order valence-electron chi connectivity index (χ0n) is 19.4. The third-order valence-corrected chi connectivity index (χ3v) is 6.79. The third kappa shape index (κ3) is 5.38. The van der Waals surface area contributed by atoms with Gasteiger partial charge in [0.05, 0.1) is 11.8 Å². The fourth-order valence-electron chi connectivity index (χ4n) is 4.66. The minimum atomic E-state index is -0.912. The molecule has 6 heteroatoms. The molecule has 0 bridgehead atoms. The molecule has 2 N–H and O–H groups in total. The van der Waals surface area contributed by atoms with Crippen molar-refractivity contribution in [2.75, 3.05) is 41.3 Å². The molecule has 2 unspecified atom stereocenters. The Kier molecular flexibility index (Phi) is 7.02. The number of anilines is 3. The summed E-state index contributed by atoms with van der Waals surface area (Å²) >= 11 is 0. The predicted molar refractivity (Wildman–Crippen MR) is 133 cm³/mol. The lowest BCUT2D eigenvalue weighted by molar-refractivity contribution is -0.146. The molecule has 2 atom stereocenters. The number of carboxylic acid groups (broad SMARTS) is 1. The van der Waals surface area contributed by atoms with Crippen LogP contribution in [-0.4, -0.2) is 43.2 Å². The van der Waals surface area contributed by atoms with E-state index in [1.807, 2.05) is 36.4 Å². The van der Waals surface area contributed by atoms with E-state index in [0.29, 0.717) is 24.4 Å². The quantitative estimate of drug-likeness (QED) is 0.626. The Morgan fingerprint density at radius 2 is 1.30 bits per heavy atom. The SMILES string of the molecule is CC(C)c1ccc(N2CCN(c3ccc(NC(=O)C4CC=CCC4C(=O)O)cc3)CC2)cc1. The predicted octanol–water partition coefficient (Wildman–Crippen LogP) is 4.74. The lowest BCUT2D eigenvalue weighted by atomic mass is 9.82. The maximum Gasteiger partial charge on any atom is 0.307 e. The topological polar surface area (TPSA) is 72.9 Å². The van der Waals surface area contributed by atoms with Crippen molar-refractivity contribution in [2.24, 2.45) is 11.8 Å². The van der Waals surface area contributed by atoms with E-state index in [9.17, 15) is 14.7 Å². The summed E-state index contributed by atoms with van der Waals surface area (Å²) in [6.07, 6.45) is 4.61. The number of nitrogens with one attached hydrogen (secondary N) is 1. The summed E-state index contributed by atoms with van der Waals surface area (Å²) in [5, 5.41) is 12.3. The Labute approximate surface area is 195 Å². The highest BCUT2D eigenvalue weighted by Crippen LogP contribution is 2.28. The molecule has 33 heavy (non-hydrogen) atoms. The van der Waals surface area contributed by atoms with Crippen molar-refractivity contribution in [1.82, 2.24) is 0 Å². The van der Waals surface area contributed by atoms with Gasteiger partial charge in [0.1, 0.15) is 0 Å². The van der Waals surface area contributed by atoms with E-state index >= 15 is 0 Å². The van der Waals surface area contributed by atoms with E-state index in [1.165, 1.54) is 11.3 Å². The first-order chi connectivity index (χ1) is 15.9. The summed E-state index contributed by atoms with van der Waals surface area (Å²) in [6, 6.07) is 16.7. The van der Waals surface area contributed by atoms with Gasteiger partial charge in [-0.3, -0.25) is 9.59 Å². The maximum atomic E-state index is 12.7. The largest absolute Gasteiger partial charge is 0.481 e. The van der Waals surface area contributed by atoms with Crippen molar-refractivity contribution in [2.45, 2.75) is 32.6 Å². The van der Waals surface area contributed by atoms with E-state index in [2.05, 4.69) is 53.2 Å². The molecule has 1 aliphatic carbocycles. The number of carbonyl (C=O) groups excluding carboxylic acids is 1. The van der Waals surface area contributed by atoms with Crippen LogP contribution in [-0.2, 0) is 9.59 Å². The van der Waals surface area contributed by atoms with Gasteiger partial charge in [0.2, 0.25) is 5.91 Å². The van der Waals surface area contributed by atoms with E-state index in [0.717, 1.165) is 31.9 Å². The van der Waals surface area contributed by atoms with Crippen molar-refractivity contribution in [3.05, 3.63) is 66.2 Å². The number of aliphatic carboxylic acids is 1. The van der Waals surface area contributed by atoms with E-state index in [4.69, 9.17) is 0 Å². The molecule has 1 amide bonds. The summed E-state index contributed by atoms with van der Waals surface area (Å²) in [5.41, 5.74) is 4.47. The van der Waals surface area contributed by atoms with Crippen LogP contribution in [0.1, 0.15) is 38.2 Å². The fourth-order valence-corrected chi connectivity index (χ4v) is 4.66. The molecule has 0 spiro atoms. The van der Waals surface area contributed by atoms with Crippen molar-refractivity contribution >= 4 is 28.9 Å². The number of rotatable bonds is 6. The van der Waals surface area contributed by atoms with Gasteiger partial charge in [0, 0.05) is 43.2 Å². The minimum absolute atomic E-state index is 0.225. The van der Waals surface area contributed by atoms with Crippen LogP contribution in [0.3, 0.4) is 0 Å². The first-order valence-corrected chi connectivity index (χ1v) is 11.8. The van der Waals surface area contributed by atoms with Gasteiger partial charge in [-0.05, 0) is 60.7 Å². The number of piperazine rings is 1. The molecular formula is C27H33N3O3. The minimum Gasteiger partial charge on any atom is -0.481 e. The number of allylic oxidation sites excluding steroid dienone is 2. The first-order valence-electron chi connectivity index (χ1n) is 11.8. The maximum absolute atomic E-state index is 12.7. The molecule has 0 aromatic heterocycles. The molecule has 1 aliphatic heterocycles. The van der Waals surface area contributed by atoms with Crippen molar-refractivity contribution in [3.8, 4) is 0 Å². The summed E-state index contributed by atoms with van der Waals surface area (Å²) in [4.78, 5) is 28.9. The lowest BCUT2D eigenvalue weighted by Crippen LogP contribution is -2.46. The van der Waals surface area contributed by atoms with E-state index < -0.39 is 17.8 Å². The van der Waals surface area contributed by atoms with E-state index in [1.54, 1.807) is 0 Å². The van der Waals surface area contributed by atoms with Gasteiger partial charge in [0.25, 0.3) is 0 Å². The van der Waals surface area contributed by atoms with Crippen molar-refractivity contribution < 1.29 is 14.7 Å². The summed E-state index contributed by atoms with van der Waals surface area (Å²) in [7, 11) is 0. The first kappa shape index (κ1) is 22.9. The van der Waals surface area contributed by atoms with Crippen LogP contribution < -0.4 is 15.1 Å². The second kappa shape index (κ2) is 10.1. The molecule has 0 saturated carbocycles. The van der Waals surface area contributed by atoms with Crippen molar-refractivity contribution in [1.29, 1.82) is 0 Å². The molecule has 2 aromatic carbocycles. The van der Waals surface area contributed by atoms with E-state index in [-0.39, 0.29) is 5.91 Å². The Morgan fingerprint density at radius 1 is 0.818 bits per heavy atom. The van der Waals surface area contributed by atoms with Gasteiger partial charge in [-0.25, -0.2) is 0 Å². The Hall–Kier alpha value is -3.28. The average Bonchev–Trinajstić information content (AvgIpc) is 2.84. The normalized spacial score (nSPS) is 20.7. The highest BCUT2D eigenvalue weighted by Gasteiger charge is 2.34. The van der Waals surface area contributed by atoms with Gasteiger partial charge in [0.15, 0.2) is 0 Å². The fraction of sp³-hybridized carbons (Fsp3) is 0.407. The monoisotopic (exact) mass is 447 g/mol. The number of nitrogens with zero attached hydrogens (tertiary/aromatic N) is 2. The molecule has 1 fully saturated rings. The van der Waals surface area contributed by atoms with Crippen LogP contribution in [0.25, 0.3) is 0 Å². The number of hydrogen-bond donors (Lipinski definition) is 2. The van der Waals surface area contributed by atoms with Crippen LogP contribution in [0.15, 0.2) is 60.7 Å². The molecule has 2 aliphatic rings. The lowest BCUT2D eigenvalue weighted by Gasteiger charge is -2.37. The number of carbonyl (C=O) groups is 2. The number of benzene rings is 2. The van der Waals surface area contributed by atoms with Crippen LogP contribution in [0.4, 0.5) is 17.1 Å². The van der Waals surface area contributed by atoms with Crippen LogP contribution >= 0.6 is 0 Å². The summed E-state index contributed by atoms with van der Waals surface area (Å²) in [5.74, 6) is -1.79. The zero-order valence-corrected chi connectivity index (χ0v) is 19.4. The number of hydrogen-bond acceptors (Lipinski definition) is 4. The van der Waals surface area contributed by atoms with Gasteiger partial charge in [-0.15, -0.1) is 0 Å². The molecule has 4 rings (SSSR count). The Balaban J connectivity index is 1.32. The zero-order chi connectivity index (χ0) is 23.4. The van der Waals surface area contributed by atoms with Crippen LogP contribution in [0, 0.1) is 11.8 Å². The van der Waals surface area contributed by atoms with Gasteiger partial charge < -0.3 is 20.2 Å². The average molecular weight is 448 g/mol. The standard InChI is InChI=1S/C27H33N3O3/c1-19(2)20-7-11-22(12-8-20)29-15-17-30(18-16-29)23-13-9-21(10-14-23)28-26(31)24-5-3-4-6-25(24)27(32)33/h3-4,7-14,19,24-25H,5-6,15-18H2,1-2H3,(H,28,31)(H,32,33). The van der Waals surface area contributed by atoms with Gasteiger partial charge >= 0.3 is 5.97 Å². The molecular weight excluding hydrogens is 414 g/mol. The third-order valence-electron chi connectivity index (χ3n) is 6.79. The highest BCUT2D eigenvalue weighted by atomic mass is 16.4. The molecule has 1 heterocycles. The van der Waals surface area contributed by atoms with Crippen LogP contribution in [0.2, 0.25) is 0 Å². The number of amides is 1. The Morgan fingerprint density at radius 3 is 1.79 bits per heavy atom. The smallest absolute Gasteiger partial charge is 0.307 e. The summed E-state index contributed by atoms with van der Waals surface area (Å²) in [6.45, 7) is 8.23. The molecule has 1 saturated heterocycles. The molecule has 0 radical (unpaired) electrons. The second-order valence-corrected chi connectivity index (χ2v) is 9.25. The highest BCUT2D eigenvalue weighted by molar-refractivity contribution is 5.95. The van der Waals surface area contributed by atoms with Crippen molar-refractivity contribution in [3.63, 3.8) is 0 Å².